The van der Waals surface area contributed by atoms with Gasteiger partial charge in [0.1, 0.15) is 0 Å². The quantitative estimate of drug-likeness (QED) is 0.904. The van der Waals surface area contributed by atoms with Gasteiger partial charge in [0.2, 0.25) is 0 Å². The van der Waals surface area contributed by atoms with Crippen molar-refractivity contribution in [2.75, 3.05) is 38.2 Å². The van der Waals surface area contributed by atoms with Gasteiger partial charge in [0.15, 0.2) is 0 Å². The largest absolute Gasteiger partial charge is 0.395 e. The molecule has 106 valence electrons. The van der Waals surface area contributed by atoms with Crippen LogP contribution in [0.1, 0.15) is 12.5 Å². The second kappa shape index (κ2) is 6.25. The summed E-state index contributed by atoms with van der Waals surface area (Å²) >= 11 is 3.67. The molecule has 2 rings (SSSR count). The van der Waals surface area contributed by atoms with Gasteiger partial charge in [-0.1, -0.05) is 13.0 Å². The van der Waals surface area contributed by atoms with E-state index in [0.717, 1.165) is 24.1 Å². The summed E-state index contributed by atoms with van der Waals surface area (Å²) < 4.78 is 1.14. The third-order valence-corrected chi connectivity index (χ3v) is 4.48. The van der Waals surface area contributed by atoms with E-state index in [1.807, 2.05) is 0 Å². The molecule has 0 amide bonds. The van der Waals surface area contributed by atoms with Gasteiger partial charge in [-0.05, 0) is 53.5 Å². The number of aliphatic hydroxyl groups is 1. The second-order valence-corrected chi connectivity index (χ2v) is 6.60. The zero-order valence-corrected chi connectivity index (χ0v) is 13.5. The second-order valence-electron chi connectivity index (χ2n) is 5.74. The summed E-state index contributed by atoms with van der Waals surface area (Å²) in [5.41, 5.74) is 2.49. The van der Waals surface area contributed by atoms with E-state index in [4.69, 9.17) is 0 Å². The molecular formula is C15H23BrN2O. The molecule has 2 unspecified atom stereocenters. The van der Waals surface area contributed by atoms with Gasteiger partial charge in [-0.2, -0.15) is 0 Å². The molecule has 1 aromatic rings. The van der Waals surface area contributed by atoms with E-state index in [2.05, 4.69) is 64.8 Å². The summed E-state index contributed by atoms with van der Waals surface area (Å²) in [7, 11) is 2.10. The molecule has 1 aliphatic heterocycles. The number of benzene rings is 1. The average molecular weight is 327 g/mol. The van der Waals surface area contributed by atoms with E-state index in [-0.39, 0.29) is 12.6 Å². The number of halogens is 1. The van der Waals surface area contributed by atoms with Crippen molar-refractivity contribution in [3.05, 3.63) is 28.2 Å². The molecule has 0 aromatic heterocycles. The van der Waals surface area contributed by atoms with E-state index in [1.165, 1.54) is 11.3 Å². The third-order valence-electron chi connectivity index (χ3n) is 3.84. The Morgan fingerprint density at radius 2 is 2.05 bits per heavy atom. The molecule has 1 fully saturated rings. The van der Waals surface area contributed by atoms with Gasteiger partial charge in [-0.15, -0.1) is 0 Å². The third kappa shape index (κ3) is 3.50. The minimum Gasteiger partial charge on any atom is -0.395 e. The van der Waals surface area contributed by atoms with Gasteiger partial charge in [0.05, 0.1) is 12.3 Å². The molecule has 3 nitrogen and oxygen atoms in total. The van der Waals surface area contributed by atoms with Crippen LogP contribution in [-0.4, -0.2) is 49.3 Å². The summed E-state index contributed by atoms with van der Waals surface area (Å²) in [5.74, 6) is 0.592. The van der Waals surface area contributed by atoms with Gasteiger partial charge in [-0.25, -0.2) is 0 Å². The number of anilines is 1. The molecule has 1 saturated heterocycles. The Morgan fingerprint density at radius 1 is 1.32 bits per heavy atom. The Balaban J connectivity index is 2.26. The van der Waals surface area contributed by atoms with Crippen LogP contribution >= 0.6 is 15.9 Å². The van der Waals surface area contributed by atoms with Gasteiger partial charge in [0, 0.05) is 30.1 Å². The first-order valence-electron chi connectivity index (χ1n) is 6.83. The van der Waals surface area contributed by atoms with Crippen molar-refractivity contribution in [2.24, 2.45) is 5.92 Å². The fourth-order valence-electron chi connectivity index (χ4n) is 2.81. The van der Waals surface area contributed by atoms with E-state index >= 15 is 0 Å². The first kappa shape index (κ1) is 14.8. The maximum Gasteiger partial charge on any atom is 0.0604 e. The topological polar surface area (TPSA) is 26.7 Å². The Morgan fingerprint density at radius 3 is 2.68 bits per heavy atom. The molecular weight excluding hydrogens is 304 g/mol. The molecule has 2 atom stereocenters. The molecule has 0 aliphatic carbocycles. The molecule has 0 bridgehead atoms. The molecule has 1 N–H and O–H groups in total. The lowest BCUT2D eigenvalue weighted by Gasteiger charge is -2.29. The summed E-state index contributed by atoms with van der Waals surface area (Å²) in [5, 5.41) is 9.57. The summed E-state index contributed by atoms with van der Waals surface area (Å²) in [4.78, 5) is 4.66. The van der Waals surface area contributed by atoms with Crippen LogP contribution < -0.4 is 4.90 Å². The highest BCUT2D eigenvalue weighted by Gasteiger charge is 2.26. The van der Waals surface area contributed by atoms with Crippen LogP contribution in [-0.2, 0) is 0 Å². The molecule has 1 heterocycles. The van der Waals surface area contributed by atoms with Crippen LogP contribution in [0.2, 0.25) is 0 Å². The summed E-state index contributed by atoms with van der Waals surface area (Å²) in [6, 6.07) is 6.68. The molecule has 0 spiro atoms. The van der Waals surface area contributed by atoms with Crippen molar-refractivity contribution in [3.63, 3.8) is 0 Å². The Labute approximate surface area is 124 Å². The van der Waals surface area contributed by atoms with Crippen molar-refractivity contribution < 1.29 is 5.11 Å². The van der Waals surface area contributed by atoms with Crippen molar-refractivity contribution in [1.29, 1.82) is 0 Å². The number of rotatable bonds is 2. The number of aliphatic hydroxyl groups excluding tert-OH is 1. The van der Waals surface area contributed by atoms with Crippen LogP contribution in [0.25, 0.3) is 0 Å². The lowest BCUT2D eigenvalue weighted by molar-refractivity contribution is 0.151. The van der Waals surface area contributed by atoms with Crippen LogP contribution in [0, 0.1) is 12.8 Å². The maximum atomic E-state index is 9.57. The minimum absolute atomic E-state index is 0.207. The van der Waals surface area contributed by atoms with Crippen molar-refractivity contribution in [3.8, 4) is 0 Å². The standard InChI is InChI=1S/C15H23BrN2O/c1-11-4-5-15(14(16)6-11)18-8-12(2)7-17(3)13(9-18)10-19/h4-6,12-13,19H,7-10H2,1-3H3. The van der Waals surface area contributed by atoms with Crippen molar-refractivity contribution in [1.82, 2.24) is 4.90 Å². The zero-order chi connectivity index (χ0) is 14.0. The lowest BCUT2D eigenvalue weighted by Crippen LogP contribution is -2.41. The molecule has 1 aliphatic rings. The normalized spacial score (nSPS) is 25.4. The smallest absolute Gasteiger partial charge is 0.0604 e. The Kier molecular flexibility index (Phi) is 4.87. The average Bonchev–Trinajstić information content (AvgIpc) is 2.47. The fraction of sp³-hybridized carbons (Fsp3) is 0.600. The first-order valence-corrected chi connectivity index (χ1v) is 7.62. The number of hydrogen-bond donors (Lipinski definition) is 1. The summed E-state index contributed by atoms with van der Waals surface area (Å²) in [6.45, 7) is 7.52. The Bertz CT molecular complexity index is 438. The van der Waals surface area contributed by atoms with Crippen LogP contribution in [0.3, 0.4) is 0 Å². The SMILES string of the molecule is Cc1ccc(N2CC(C)CN(C)C(CO)C2)c(Br)c1. The zero-order valence-electron chi connectivity index (χ0n) is 11.9. The molecule has 1 aromatic carbocycles. The number of likely N-dealkylation sites (N-methyl/N-ethyl adjacent to an activating group) is 1. The van der Waals surface area contributed by atoms with Gasteiger partial charge in [0.25, 0.3) is 0 Å². The number of nitrogens with zero attached hydrogens (tertiary/aromatic N) is 2. The van der Waals surface area contributed by atoms with Crippen LogP contribution in [0.4, 0.5) is 5.69 Å². The highest BCUT2D eigenvalue weighted by molar-refractivity contribution is 9.10. The molecule has 19 heavy (non-hydrogen) atoms. The van der Waals surface area contributed by atoms with E-state index in [0.29, 0.717) is 5.92 Å². The maximum absolute atomic E-state index is 9.57. The first-order chi connectivity index (χ1) is 9.01. The monoisotopic (exact) mass is 326 g/mol. The highest BCUT2D eigenvalue weighted by atomic mass is 79.9. The van der Waals surface area contributed by atoms with E-state index < -0.39 is 0 Å². The molecule has 4 heteroatoms. The van der Waals surface area contributed by atoms with Crippen molar-refractivity contribution >= 4 is 21.6 Å². The van der Waals surface area contributed by atoms with Crippen LogP contribution in [0.5, 0.6) is 0 Å². The lowest BCUT2D eigenvalue weighted by atomic mass is 10.1. The number of aryl methyl sites for hydroxylation is 1. The number of hydrogen-bond acceptors (Lipinski definition) is 3. The highest BCUT2D eigenvalue weighted by Crippen LogP contribution is 2.29. The van der Waals surface area contributed by atoms with E-state index in [9.17, 15) is 5.11 Å². The van der Waals surface area contributed by atoms with Gasteiger partial charge in [-0.3, -0.25) is 4.90 Å². The van der Waals surface area contributed by atoms with Gasteiger partial charge < -0.3 is 10.0 Å². The summed E-state index contributed by atoms with van der Waals surface area (Å²) in [6.07, 6.45) is 0. The Hall–Kier alpha value is -0.580. The van der Waals surface area contributed by atoms with E-state index in [1.54, 1.807) is 0 Å². The van der Waals surface area contributed by atoms with Gasteiger partial charge >= 0.3 is 0 Å². The fourth-order valence-corrected chi connectivity index (χ4v) is 3.55. The molecule has 0 saturated carbocycles. The predicted octanol–water partition coefficient (Wildman–Crippen LogP) is 2.51. The van der Waals surface area contributed by atoms with Crippen LogP contribution in [0.15, 0.2) is 22.7 Å². The predicted molar refractivity (Wildman–Crippen MR) is 83.8 cm³/mol. The van der Waals surface area contributed by atoms with Crippen molar-refractivity contribution in [2.45, 2.75) is 19.9 Å². The minimum atomic E-state index is 0.207. The molecule has 0 radical (unpaired) electrons.